The SMILES string of the molecule is CC1(C)COP(=O)(O)OC1c1ccc2c(c1)OCO2. The van der Waals surface area contributed by atoms with Gasteiger partial charge >= 0.3 is 7.82 Å². The van der Waals surface area contributed by atoms with E-state index in [1.54, 1.807) is 12.1 Å². The number of ether oxygens (including phenoxy) is 2. The molecule has 104 valence electrons. The molecule has 2 aliphatic heterocycles. The molecule has 0 saturated carbocycles. The van der Waals surface area contributed by atoms with Gasteiger partial charge in [-0.25, -0.2) is 4.57 Å². The molecular weight excluding hydrogens is 271 g/mol. The fraction of sp³-hybridized carbons (Fsp3) is 0.500. The van der Waals surface area contributed by atoms with Gasteiger partial charge < -0.3 is 14.4 Å². The zero-order chi connectivity index (χ0) is 13.7. The molecule has 2 heterocycles. The van der Waals surface area contributed by atoms with E-state index < -0.39 is 19.3 Å². The molecule has 19 heavy (non-hydrogen) atoms. The summed E-state index contributed by atoms with van der Waals surface area (Å²) in [5, 5.41) is 0. The maximum Gasteiger partial charge on any atom is 0.472 e. The Balaban J connectivity index is 1.97. The first-order valence-electron chi connectivity index (χ1n) is 5.93. The lowest BCUT2D eigenvalue weighted by atomic mass is 9.83. The van der Waals surface area contributed by atoms with Gasteiger partial charge in [0.1, 0.15) is 6.10 Å². The minimum Gasteiger partial charge on any atom is -0.454 e. The van der Waals surface area contributed by atoms with Crippen molar-refractivity contribution in [3.05, 3.63) is 23.8 Å². The van der Waals surface area contributed by atoms with Gasteiger partial charge in [-0.05, 0) is 17.7 Å². The highest BCUT2D eigenvalue weighted by Crippen LogP contribution is 2.58. The number of phosphoric acid groups is 1. The molecule has 0 spiro atoms. The standard InChI is InChI=1S/C12H15O6P/c1-12(2)6-17-19(13,14)18-11(12)8-3-4-9-10(5-8)16-7-15-9/h3-5,11H,6-7H2,1-2H3,(H,13,14). The second-order valence-corrected chi connectivity index (χ2v) is 6.73. The van der Waals surface area contributed by atoms with E-state index >= 15 is 0 Å². The van der Waals surface area contributed by atoms with Crippen LogP contribution in [0.15, 0.2) is 18.2 Å². The summed E-state index contributed by atoms with van der Waals surface area (Å²) in [7, 11) is -3.98. The van der Waals surface area contributed by atoms with Gasteiger partial charge in [-0.3, -0.25) is 9.05 Å². The van der Waals surface area contributed by atoms with Gasteiger partial charge in [0.05, 0.1) is 6.61 Å². The van der Waals surface area contributed by atoms with Crippen LogP contribution < -0.4 is 9.47 Å². The van der Waals surface area contributed by atoms with Crippen LogP contribution in [0.1, 0.15) is 25.5 Å². The summed E-state index contributed by atoms with van der Waals surface area (Å²) in [6.07, 6.45) is -0.536. The van der Waals surface area contributed by atoms with E-state index in [9.17, 15) is 9.46 Å². The van der Waals surface area contributed by atoms with Crippen molar-refractivity contribution < 1.29 is 28.0 Å². The summed E-state index contributed by atoms with van der Waals surface area (Å²) in [5.74, 6) is 1.29. The Morgan fingerprint density at radius 3 is 2.84 bits per heavy atom. The van der Waals surface area contributed by atoms with Crippen LogP contribution in [0.4, 0.5) is 0 Å². The molecule has 1 aromatic rings. The number of fused-ring (bicyclic) bond motifs is 1. The second kappa shape index (κ2) is 4.21. The molecule has 6 nitrogen and oxygen atoms in total. The maximum absolute atomic E-state index is 11.6. The molecule has 1 fully saturated rings. The molecule has 2 unspecified atom stereocenters. The van der Waals surface area contributed by atoms with Crippen LogP contribution in [0.25, 0.3) is 0 Å². The average molecular weight is 286 g/mol. The molecule has 2 atom stereocenters. The molecule has 1 N–H and O–H groups in total. The molecule has 3 rings (SSSR count). The largest absolute Gasteiger partial charge is 0.472 e. The Kier molecular flexibility index (Phi) is 2.87. The summed E-state index contributed by atoms with van der Waals surface area (Å²) in [6.45, 7) is 4.18. The highest BCUT2D eigenvalue weighted by Gasteiger charge is 2.44. The van der Waals surface area contributed by atoms with Crippen molar-refractivity contribution in [1.29, 1.82) is 0 Å². The normalized spacial score (nSPS) is 32.3. The average Bonchev–Trinajstić information content (AvgIpc) is 2.80. The molecule has 1 aromatic carbocycles. The predicted molar refractivity (Wildman–Crippen MR) is 65.9 cm³/mol. The highest BCUT2D eigenvalue weighted by molar-refractivity contribution is 7.47. The molecular formula is C12H15O6P. The number of hydrogen-bond donors (Lipinski definition) is 1. The maximum atomic E-state index is 11.6. The van der Waals surface area contributed by atoms with Crippen LogP contribution in [0, 0.1) is 5.41 Å². The lowest BCUT2D eigenvalue weighted by molar-refractivity contribution is -0.0473. The van der Waals surface area contributed by atoms with Crippen LogP contribution in [-0.2, 0) is 13.6 Å². The van der Waals surface area contributed by atoms with Crippen molar-refractivity contribution in [2.45, 2.75) is 20.0 Å². The van der Waals surface area contributed by atoms with E-state index in [2.05, 4.69) is 0 Å². The van der Waals surface area contributed by atoms with Gasteiger partial charge in [-0.2, -0.15) is 0 Å². The number of benzene rings is 1. The van der Waals surface area contributed by atoms with E-state index in [0.717, 1.165) is 5.56 Å². The van der Waals surface area contributed by atoms with Gasteiger partial charge in [-0.1, -0.05) is 19.9 Å². The quantitative estimate of drug-likeness (QED) is 0.800. The summed E-state index contributed by atoms with van der Waals surface area (Å²) in [6, 6.07) is 5.36. The predicted octanol–water partition coefficient (Wildman–Crippen LogP) is 2.63. The van der Waals surface area contributed by atoms with E-state index in [0.29, 0.717) is 11.5 Å². The summed E-state index contributed by atoms with van der Waals surface area (Å²) < 4.78 is 32.2. The molecule has 0 aliphatic carbocycles. The molecule has 0 amide bonds. The summed E-state index contributed by atoms with van der Waals surface area (Å²) >= 11 is 0. The zero-order valence-corrected chi connectivity index (χ0v) is 11.6. The fourth-order valence-electron chi connectivity index (χ4n) is 2.22. The fourth-order valence-corrected chi connectivity index (χ4v) is 3.45. The lowest BCUT2D eigenvalue weighted by Gasteiger charge is -2.39. The second-order valence-electron chi connectivity index (χ2n) is 5.33. The monoisotopic (exact) mass is 286 g/mol. The Bertz CT molecular complexity index is 555. The third-order valence-corrected chi connectivity index (χ3v) is 4.18. The molecule has 0 bridgehead atoms. The van der Waals surface area contributed by atoms with Crippen LogP contribution in [0.5, 0.6) is 11.5 Å². The van der Waals surface area contributed by atoms with Crippen molar-refractivity contribution in [1.82, 2.24) is 0 Å². The Hall–Kier alpha value is -1.07. The first-order valence-corrected chi connectivity index (χ1v) is 7.42. The highest BCUT2D eigenvalue weighted by atomic mass is 31.2. The van der Waals surface area contributed by atoms with Crippen LogP contribution in [0.3, 0.4) is 0 Å². The molecule has 0 aromatic heterocycles. The molecule has 1 saturated heterocycles. The first kappa shape index (κ1) is 12.9. The smallest absolute Gasteiger partial charge is 0.454 e. The Morgan fingerprint density at radius 1 is 1.32 bits per heavy atom. The van der Waals surface area contributed by atoms with E-state index in [4.69, 9.17) is 18.5 Å². The summed E-state index contributed by atoms with van der Waals surface area (Å²) in [4.78, 5) is 9.49. The van der Waals surface area contributed by atoms with Crippen LogP contribution >= 0.6 is 7.82 Å². The lowest BCUT2D eigenvalue weighted by Crippen LogP contribution is -2.33. The van der Waals surface area contributed by atoms with Crippen molar-refractivity contribution in [3.63, 3.8) is 0 Å². The topological polar surface area (TPSA) is 74.2 Å². The van der Waals surface area contributed by atoms with E-state index in [1.165, 1.54) is 0 Å². The summed E-state index contributed by atoms with van der Waals surface area (Å²) in [5.41, 5.74) is 0.358. The number of phosphoric ester groups is 1. The van der Waals surface area contributed by atoms with Gasteiger partial charge in [0, 0.05) is 5.41 Å². The van der Waals surface area contributed by atoms with Gasteiger partial charge in [0.2, 0.25) is 6.79 Å². The van der Waals surface area contributed by atoms with Gasteiger partial charge in [0.15, 0.2) is 11.5 Å². The third kappa shape index (κ3) is 2.37. The molecule has 2 aliphatic rings. The number of hydrogen-bond acceptors (Lipinski definition) is 5. The zero-order valence-electron chi connectivity index (χ0n) is 10.7. The van der Waals surface area contributed by atoms with Crippen molar-refractivity contribution >= 4 is 7.82 Å². The minimum absolute atomic E-state index is 0.153. The van der Waals surface area contributed by atoms with Crippen molar-refractivity contribution in [2.24, 2.45) is 5.41 Å². The molecule has 7 heteroatoms. The Morgan fingerprint density at radius 2 is 2.05 bits per heavy atom. The van der Waals surface area contributed by atoms with Gasteiger partial charge in [-0.15, -0.1) is 0 Å². The molecule has 0 radical (unpaired) electrons. The van der Waals surface area contributed by atoms with E-state index in [1.807, 2.05) is 19.9 Å². The first-order chi connectivity index (χ1) is 8.87. The van der Waals surface area contributed by atoms with Crippen molar-refractivity contribution in [3.8, 4) is 11.5 Å². The van der Waals surface area contributed by atoms with Gasteiger partial charge in [0.25, 0.3) is 0 Å². The number of rotatable bonds is 1. The van der Waals surface area contributed by atoms with Crippen LogP contribution in [-0.4, -0.2) is 18.3 Å². The van der Waals surface area contributed by atoms with E-state index in [-0.39, 0.29) is 13.4 Å². The minimum atomic E-state index is -3.98. The third-order valence-electron chi connectivity index (χ3n) is 3.25. The van der Waals surface area contributed by atoms with Crippen molar-refractivity contribution in [2.75, 3.05) is 13.4 Å². The Labute approximate surface area is 110 Å². The van der Waals surface area contributed by atoms with Crippen LogP contribution in [0.2, 0.25) is 0 Å².